The number of rotatable bonds is 4. The quantitative estimate of drug-likeness (QED) is 0.617. The van der Waals surface area contributed by atoms with Crippen molar-refractivity contribution in [1.29, 1.82) is 0 Å². The summed E-state index contributed by atoms with van der Waals surface area (Å²) in [7, 11) is 0. The molecule has 1 aromatic heterocycles. The van der Waals surface area contributed by atoms with Crippen molar-refractivity contribution >= 4 is 0 Å². The van der Waals surface area contributed by atoms with E-state index >= 15 is 0 Å². The Labute approximate surface area is 160 Å². The van der Waals surface area contributed by atoms with Gasteiger partial charge in [-0.2, -0.15) is 0 Å². The summed E-state index contributed by atoms with van der Waals surface area (Å²) in [6.07, 6.45) is 0.884. The summed E-state index contributed by atoms with van der Waals surface area (Å²) in [5.41, 5.74) is 4.35. The van der Waals surface area contributed by atoms with Crippen molar-refractivity contribution in [2.24, 2.45) is 0 Å². The van der Waals surface area contributed by atoms with Crippen LogP contribution in [0.4, 0.5) is 0 Å². The highest BCUT2D eigenvalue weighted by Gasteiger charge is 2.19. The van der Waals surface area contributed by atoms with Crippen LogP contribution in [-0.2, 0) is 18.4 Å². The number of aromatic nitrogens is 1. The van der Waals surface area contributed by atoms with Crippen LogP contribution < -0.4 is 9.47 Å². The molecule has 27 heavy (non-hydrogen) atoms. The maximum absolute atomic E-state index is 6.03. The van der Waals surface area contributed by atoms with E-state index in [1.54, 1.807) is 0 Å². The van der Waals surface area contributed by atoms with Crippen LogP contribution >= 0.6 is 0 Å². The Balaban J connectivity index is 1.51. The molecule has 2 heterocycles. The van der Waals surface area contributed by atoms with Gasteiger partial charge < -0.3 is 13.9 Å². The topological polar surface area (TPSA) is 44.5 Å². The molecule has 0 saturated carbocycles. The molecule has 0 fully saturated rings. The molecule has 0 amide bonds. The highest BCUT2D eigenvalue weighted by molar-refractivity contribution is 5.55. The molecule has 0 aliphatic carbocycles. The van der Waals surface area contributed by atoms with E-state index in [1.165, 1.54) is 5.56 Å². The predicted molar refractivity (Wildman–Crippen MR) is 105 cm³/mol. The van der Waals surface area contributed by atoms with E-state index in [9.17, 15) is 0 Å². The number of hydrogen-bond acceptors (Lipinski definition) is 4. The van der Waals surface area contributed by atoms with Crippen molar-refractivity contribution in [2.45, 2.75) is 46.1 Å². The van der Waals surface area contributed by atoms with Crippen molar-refractivity contribution in [2.75, 3.05) is 6.61 Å². The fourth-order valence-corrected chi connectivity index (χ4v) is 3.27. The van der Waals surface area contributed by atoms with Crippen LogP contribution in [0.15, 0.2) is 46.9 Å². The standard InChI is InChI=1S/C23H25NO3/c1-15-19(14-26-21-7-5-6-20-18(21)12-13-25-20)24-22(27-15)16-8-10-17(11-9-16)23(2,3)4/h5-11H,12-14H2,1-4H3. The van der Waals surface area contributed by atoms with Crippen molar-refractivity contribution in [3.05, 3.63) is 65.0 Å². The molecular weight excluding hydrogens is 338 g/mol. The van der Waals surface area contributed by atoms with Crippen LogP contribution in [-0.4, -0.2) is 11.6 Å². The molecule has 1 aliphatic rings. The van der Waals surface area contributed by atoms with E-state index < -0.39 is 0 Å². The first-order valence-electron chi connectivity index (χ1n) is 9.36. The van der Waals surface area contributed by atoms with Crippen molar-refractivity contribution < 1.29 is 13.9 Å². The van der Waals surface area contributed by atoms with Gasteiger partial charge in [-0.15, -0.1) is 0 Å². The van der Waals surface area contributed by atoms with Gasteiger partial charge in [0, 0.05) is 17.5 Å². The van der Waals surface area contributed by atoms with Gasteiger partial charge in [-0.3, -0.25) is 0 Å². The van der Waals surface area contributed by atoms with Crippen molar-refractivity contribution in [3.63, 3.8) is 0 Å². The molecule has 0 saturated heterocycles. The molecule has 0 spiro atoms. The normalized spacial score (nSPS) is 13.3. The van der Waals surface area contributed by atoms with Crippen LogP contribution in [0, 0.1) is 6.92 Å². The molecule has 0 bridgehead atoms. The lowest BCUT2D eigenvalue weighted by Crippen LogP contribution is -2.10. The fourth-order valence-electron chi connectivity index (χ4n) is 3.27. The SMILES string of the molecule is Cc1oc(-c2ccc(C(C)(C)C)cc2)nc1COc1cccc2c1CCO2. The van der Waals surface area contributed by atoms with E-state index in [2.05, 4.69) is 50.0 Å². The third-order valence-corrected chi connectivity index (χ3v) is 4.95. The molecule has 0 N–H and O–H groups in total. The minimum atomic E-state index is 0.129. The lowest BCUT2D eigenvalue weighted by Gasteiger charge is -2.18. The fraction of sp³-hybridized carbons (Fsp3) is 0.348. The van der Waals surface area contributed by atoms with Gasteiger partial charge in [0.15, 0.2) is 0 Å². The highest BCUT2D eigenvalue weighted by Crippen LogP contribution is 2.34. The molecule has 4 heteroatoms. The molecule has 2 aromatic carbocycles. The zero-order valence-corrected chi connectivity index (χ0v) is 16.3. The third kappa shape index (κ3) is 3.57. The Bertz CT molecular complexity index is 949. The van der Waals surface area contributed by atoms with Crippen LogP contribution in [0.2, 0.25) is 0 Å². The molecule has 1 aliphatic heterocycles. The van der Waals surface area contributed by atoms with Gasteiger partial charge in [-0.1, -0.05) is 39.0 Å². The number of oxazole rings is 1. The average Bonchev–Trinajstić information content (AvgIpc) is 3.26. The van der Waals surface area contributed by atoms with Crippen molar-refractivity contribution in [1.82, 2.24) is 4.98 Å². The number of aryl methyl sites for hydroxylation is 1. The molecule has 4 rings (SSSR count). The van der Waals surface area contributed by atoms with Gasteiger partial charge in [-0.05, 0) is 42.2 Å². The zero-order chi connectivity index (χ0) is 19.0. The number of ether oxygens (including phenoxy) is 2. The predicted octanol–water partition coefficient (Wildman–Crippen LogP) is 5.46. The summed E-state index contributed by atoms with van der Waals surface area (Å²) < 4.78 is 17.5. The van der Waals surface area contributed by atoms with Gasteiger partial charge in [0.25, 0.3) is 0 Å². The summed E-state index contributed by atoms with van der Waals surface area (Å²) in [4.78, 5) is 4.66. The number of benzene rings is 2. The molecular formula is C23H25NO3. The molecule has 140 valence electrons. The number of nitrogens with zero attached hydrogens (tertiary/aromatic N) is 1. The highest BCUT2D eigenvalue weighted by atomic mass is 16.5. The summed E-state index contributed by atoms with van der Waals surface area (Å²) >= 11 is 0. The maximum Gasteiger partial charge on any atom is 0.226 e. The first kappa shape index (κ1) is 17.7. The number of fused-ring (bicyclic) bond motifs is 1. The molecule has 3 aromatic rings. The Morgan fingerprint density at radius 1 is 1.07 bits per heavy atom. The van der Waals surface area contributed by atoms with Gasteiger partial charge in [0.2, 0.25) is 5.89 Å². The first-order valence-corrected chi connectivity index (χ1v) is 9.36. The smallest absolute Gasteiger partial charge is 0.226 e. The minimum absolute atomic E-state index is 0.129. The van der Waals surface area contributed by atoms with Crippen LogP contribution in [0.1, 0.15) is 43.4 Å². The van der Waals surface area contributed by atoms with E-state index in [0.717, 1.165) is 40.5 Å². The monoisotopic (exact) mass is 363 g/mol. The molecule has 0 radical (unpaired) electrons. The van der Waals surface area contributed by atoms with E-state index in [-0.39, 0.29) is 5.41 Å². The van der Waals surface area contributed by atoms with E-state index in [4.69, 9.17) is 13.9 Å². The summed E-state index contributed by atoms with van der Waals surface area (Å²) in [5, 5.41) is 0. The third-order valence-electron chi connectivity index (χ3n) is 4.95. The van der Waals surface area contributed by atoms with Crippen LogP contribution in [0.3, 0.4) is 0 Å². The van der Waals surface area contributed by atoms with E-state index in [1.807, 2.05) is 25.1 Å². The van der Waals surface area contributed by atoms with E-state index in [0.29, 0.717) is 19.1 Å². The lowest BCUT2D eigenvalue weighted by molar-refractivity contribution is 0.297. The minimum Gasteiger partial charge on any atom is -0.493 e. The summed E-state index contributed by atoms with van der Waals surface area (Å²) in [6, 6.07) is 14.3. The Kier molecular flexibility index (Phi) is 4.42. The van der Waals surface area contributed by atoms with Gasteiger partial charge in [0.05, 0.1) is 6.61 Å². The van der Waals surface area contributed by atoms with Crippen molar-refractivity contribution in [3.8, 4) is 23.0 Å². The second-order valence-electron chi connectivity index (χ2n) is 7.97. The largest absolute Gasteiger partial charge is 0.493 e. The Morgan fingerprint density at radius 2 is 1.85 bits per heavy atom. The molecule has 0 unspecified atom stereocenters. The maximum atomic E-state index is 6.03. The Morgan fingerprint density at radius 3 is 2.59 bits per heavy atom. The second kappa shape index (κ2) is 6.76. The van der Waals surface area contributed by atoms with Gasteiger partial charge in [0.1, 0.15) is 29.6 Å². The van der Waals surface area contributed by atoms with Gasteiger partial charge >= 0.3 is 0 Å². The Hall–Kier alpha value is -2.75. The van der Waals surface area contributed by atoms with Gasteiger partial charge in [-0.25, -0.2) is 4.98 Å². The van der Waals surface area contributed by atoms with Crippen LogP contribution in [0.25, 0.3) is 11.5 Å². The first-order chi connectivity index (χ1) is 12.9. The molecule has 0 atom stereocenters. The average molecular weight is 363 g/mol. The second-order valence-corrected chi connectivity index (χ2v) is 7.97. The summed E-state index contributed by atoms with van der Waals surface area (Å²) in [5.74, 6) is 3.20. The zero-order valence-electron chi connectivity index (χ0n) is 16.3. The van der Waals surface area contributed by atoms with Crippen LogP contribution in [0.5, 0.6) is 11.5 Å². The summed E-state index contributed by atoms with van der Waals surface area (Å²) in [6.45, 7) is 9.64. The lowest BCUT2D eigenvalue weighted by atomic mass is 9.87. The molecule has 4 nitrogen and oxygen atoms in total. The number of hydrogen-bond donors (Lipinski definition) is 0.